The van der Waals surface area contributed by atoms with Gasteiger partial charge in [0.1, 0.15) is 0 Å². The quantitative estimate of drug-likeness (QED) is 0.597. The number of imidazole rings is 1. The molecule has 1 aliphatic rings. The number of rotatable bonds is 7. The molecule has 1 aromatic heterocycles. The predicted octanol–water partition coefficient (Wildman–Crippen LogP) is 3.04. The number of carbonyl (C=O) groups excluding carboxylic acids is 1. The Morgan fingerprint density at radius 3 is 2.44 bits per heavy atom. The summed E-state index contributed by atoms with van der Waals surface area (Å²) in [7, 11) is -3.40. The zero-order valence-electron chi connectivity index (χ0n) is 18.1. The average Bonchev–Trinajstić information content (AvgIpc) is 3.34. The van der Waals surface area contributed by atoms with Crippen molar-refractivity contribution in [3.63, 3.8) is 0 Å². The Hall–Kier alpha value is -2.97. The van der Waals surface area contributed by atoms with Crippen molar-refractivity contribution in [2.75, 3.05) is 13.1 Å². The molecule has 1 saturated heterocycles. The third-order valence-electron chi connectivity index (χ3n) is 6.04. The monoisotopic (exact) mass is 452 g/mol. The molecule has 0 saturated carbocycles. The number of hydrogen-bond acceptors (Lipinski definition) is 4. The molecule has 4 rings (SSSR count). The third kappa shape index (κ3) is 5.08. The lowest BCUT2D eigenvalue weighted by Crippen LogP contribution is -2.43. The van der Waals surface area contributed by atoms with Gasteiger partial charge in [-0.15, -0.1) is 0 Å². The number of aryl methyl sites for hydroxylation is 1. The Morgan fingerprint density at radius 1 is 1.06 bits per heavy atom. The van der Waals surface area contributed by atoms with E-state index in [4.69, 9.17) is 0 Å². The maximum atomic E-state index is 12.9. The van der Waals surface area contributed by atoms with Crippen LogP contribution in [0.1, 0.15) is 29.5 Å². The Morgan fingerprint density at radius 2 is 1.75 bits per heavy atom. The first-order chi connectivity index (χ1) is 15.4. The number of carbonyl (C=O) groups is 1. The van der Waals surface area contributed by atoms with Gasteiger partial charge in [-0.3, -0.25) is 4.79 Å². The molecular weight excluding hydrogens is 424 g/mol. The molecule has 0 aliphatic carbocycles. The SMILES string of the molecule is Cc1ccccc1CS(=O)(=O)N1CCC(C(=O)NCc2ccccc2-n2ccnc2)CC1. The number of amides is 1. The Bertz CT molecular complexity index is 1170. The van der Waals surface area contributed by atoms with Crippen molar-refractivity contribution in [3.05, 3.63) is 83.9 Å². The number of para-hydroxylation sites is 1. The maximum absolute atomic E-state index is 12.9. The van der Waals surface area contributed by atoms with E-state index in [1.807, 2.05) is 66.2 Å². The fourth-order valence-electron chi connectivity index (χ4n) is 4.10. The normalized spacial score (nSPS) is 15.5. The summed E-state index contributed by atoms with van der Waals surface area (Å²) >= 11 is 0. The summed E-state index contributed by atoms with van der Waals surface area (Å²) in [6.07, 6.45) is 6.38. The average molecular weight is 453 g/mol. The van der Waals surface area contributed by atoms with Crippen LogP contribution in [-0.2, 0) is 27.1 Å². The van der Waals surface area contributed by atoms with Gasteiger partial charge in [-0.25, -0.2) is 17.7 Å². The second-order valence-corrected chi connectivity index (χ2v) is 10.1. The highest BCUT2D eigenvalue weighted by molar-refractivity contribution is 7.88. The van der Waals surface area contributed by atoms with Crippen LogP contribution < -0.4 is 5.32 Å². The van der Waals surface area contributed by atoms with Crippen LogP contribution in [0.5, 0.6) is 0 Å². The van der Waals surface area contributed by atoms with Gasteiger partial charge in [-0.05, 0) is 42.5 Å². The summed E-state index contributed by atoms with van der Waals surface area (Å²) in [6, 6.07) is 15.4. The topological polar surface area (TPSA) is 84.3 Å². The number of nitrogens with one attached hydrogen (secondary N) is 1. The van der Waals surface area contributed by atoms with Gasteiger partial charge in [0.15, 0.2) is 0 Å². The molecule has 0 bridgehead atoms. The maximum Gasteiger partial charge on any atom is 0.223 e. The lowest BCUT2D eigenvalue weighted by atomic mass is 9.97. The van der Waals surface area contributed by atoms with Gasteiger partial charge in [0.25, 0.3) is 0 Å². The summed E-state index contributed by atoms with van der Waals surface area (Å²) in [6.45, 7) is 3.08. The highest BCUT2D eigenvalue weighted by Gasteiger charge is 2.31. The minimum Gasteiger partial charge on any atom is -0.352 e. The van der Waals surface area contributed by atoms with Crippen LogP contribution >= 0.6 is 0 Å². The lowest BCUT2D eigenvalue weighted by Gasteiger charge is -2.30. The summed E-state index contributed by atoms with van der Waals surface area (Å²) in [5.74, 6) is -0.205. The number of hydrogen-bond donors (Lipinski definition) is 1. The third-order valence-corrected chi connectivity index (χ3v) is 7.87. The summed E-state index contributed by atoms with van der Waals surface area (Å²) in [4.78, 5) is 16.9. The van der Waals surface area contributed by atoms with E-state index in [1.54, 1.807) is 12.5 Å². The van der Waals surface area contributed by atoms with E-state index in [0.29, 0.717) is 32.5 Å². The Kier molecular flexibility index (Phi) is 6.72. The number of aromatic nitrogens is 2. The van der Waals surface area contributed by atoms with Crippen molar-refractivity contribution in [1.82, 2.24) is 19.2 Å². The van der Waals surface area contributed by atoms with E-state index in [2.05, 4.69) is 10.3 Å². The van der Waals surface area contributed by atoms with Crippen molar-refractivity contribution in [2.24, 2.45) is 5.92 Å². The second kappa shape index (κ2) is 9.67. The highest BCUT2D eigenvalue weighted by atomic mass is 32.2. The summed E-state index contributed by atoms with van der Waals surface area (Å²) in [5.41, 5.74) is 3.77. The van der Waals surface area contributed by atoms with E-state index in [-0.39, 0.29) is 17.6 Å². The van der Waals surface area contributed by atoms with Crippen LogP contribution in [0.3, 0.4) is 0 Å². The van der Waals surface area contributed by atoms with Crippen LogP contribution in [0.15, 0.2) is 67.3 Å². The van der Waals surface area contributed by atoms with Gasteiger partial charge in [-0.2, -0.15) is 0 Å². The van der Waals surface area contributed by atoms with Crippen LogP contribution in [0, 0.1) is 12.8 Å². The minimum absolute atomic E-state index is 0.00156. The molecule has 168 valence electrons. The van der Waals surface area contributed by atoms with Crippen molar-refractivity contribution >= 4 is 15.9 Å². The first-order valence-electron chi connectivity index (χ1n) is 10.8. The molecule has 0 unspecified atom stereocenters. The predicted molar refractivity (Wildman–Crippen MR) is 124 cm³/mol. The largest absolute Gasteiger partial charge is 0.352 e. The van der Waals surface area contributed by atoms with Gasteiger partial charge in [0.05, 0.1) is 17.8 Å². The summed E-state index contributed by atoms with van der Waals surface area (Å²) in [5, 5.41) is 3.03. The van der Waals surface area contributed by atoms with Crippen molar-refractivity contribution < 1.29 is 13.2 Å². The van der Waals surface area contributed by atoms with Crippen molar-refractivity contribution in [3.8, 4) is 5.69 Å². The van der Waals surface area contributed by atoms with Gasteiger partial charge in [0, 0.05) is 37.9 Å². The summed E-state index contributed by atoms with van der Waals surface area (Å²) < 4.78 is 29.2. The number of benzene rings is 2. The molecule has 0 spiro atoms. The molecule has 0 radical (unpaired) electrons. The van der Waals surface area contributed by atoms with Gasteiger partial charge in [-0.1, -0.05) is 42.5 Å². The van der Waals surface area contributed by atoms with E-state index in [1.165, 1.54) is 4.31 Å². The van der Waals surface area contributed by atoms with E-state index >= 15 is 0 Å². The molecule has 0 atom stereocenters. The fraction of sp³-hybridized carbons (Fsp3) is 0.333. The van der Waals surface area contributed by atoms with Crippen LogP contribution in [0.25, 0.3) is 5.69 Å². The van der Waals surface area contributed by atoms with E-state index in [0.717, 1.165) is 22.4 Å². The van der Waals surface area contributed by atoms with Gasteiger partial charge < -0.3 is 9.88 Å². The zero-order chi connectivity index (χ0) is 22.6. The van der Waals surface area contributed by atoms with E-state index < -0.39 is 10.0 Å². The molecule has 2 aromatic carbocycles. The Labute approximate surface area is 189 Å². The van der Waals surface area contributed by atoms with Gasteiger partial charge >= 0.3 is 0 Å². The fourth-order valence-corrected chi connectivity index (χ4v) is 5.76. The number of piperidine rings is 1. The lowest BCUT2D eigenvalue weighted by molar-refractivity contribution is -0.126. The van der Waals surface area contributed by atoms with Crippen LogP contribution in [0.2, 0.25) is 0 Å². The van der Waals surface area contributed by atoms with Crippen molar-refractivity contribution in [1.29, 1.82) is 0 Å². The molecule has 1 N–H and O–H groups in total. The standard InChI is InChI=1S/C24H28N4O3S/c1-19-6-2-3-8-22(19)17-32(30,31)28-13-10-20(11-14-28)24(29)26-16-21-7-4-5-9-23(21)27-15-12-25-18-27/h2-9,12,15,18,20H,10-11,13-14,16-17H2,1H3,(H,26,29). The van der Waals surface area contributed by atoms with Crippen LogP contribution in [0.4, 0.5) is 0 Å². The zero-order valence-corrected chi connectivity index (χ0v) is 19.0. The minimum atomic E-state index is -3.40. The number of nitrogens with zero attached hydrogens (tertiary/aromatic N) is 3. The highest BCUT2D eigenvalue weighted by Crippen LogP contribution is 2.23. The van der Waals surface area contributed by atoms with Crippen LogP contribution in [-0.4, -0.2) is 41.3 Å². The second-order valence-electron chi connectivity index (χ2n) is 8.17. The molecule has 1 amide bonds. The number of sulfonamides is 1. The smallest absolute Gasteiger partial charge is 0.223 e. The van der Waals surface area contributed by atoms with Crippen molar-refractivity contribution in [2.45, 2.75) is 32.1 Å². The first kappa shape index (κ1) is 22.2. The Balaban J connectivity index is 1.32. The van der Waals surface area contributed by atoms with E-state index in [9.17, 15) is 13.2 Å². The molecule has 1 aliphatic heterocycles. The molecular formula is C24H28N4O3S. The molecule has 7 nitrogen and oxygen atoms in total. The molecule has 8 heteroatoms. The first-order valence-corrected chi connectivity index (χ1v) is 12.4. The van der Waals surface area contributed by atoms with Gasteiger partial charge in [0.2, 0.25) is 15.9 Å². The molecule has 1 fully saturated rings. The molecule has 2 heterocycles. The molecule has 32 heavy (non-hydrogen) atoms. The molecule has 3 aromatic rings.